The van der Waals surface area contributed by atoms with Gasteiger partial charge in [0.25, 0.3) is 0 Å². The Balaban J connectivity index is 0.00000578. The number of amides is 1. The quantitative estimate of drug-likeness (QED) is 0.0528. The van der Waals surface area contributed by atoms with Gasteiger partial charge in [-0.2, -0.15) is 5.11 Å². The largest absolute Gasteiger partial charge is 1.00 e. The van der Waals surface area contributed by atoms with Crippen LogP contribution in [0.4, 0.5) is 17.1 Å². The third kappa shape index (κ3) is 11.2. The molecular formula is C17H17N3Na2O10S3. The van der Waals surface area contributed by atoms with Gasteiger partial charge in [0.1, 0.15) is 15.8 Å². The number of benzene rings is 2. The zero-order valence-electron chi connectivity index (χ0n) is 19.1. The second-order valence-corrected chi connectivity index (χ2v) is 10.3. The molecular weight excluding hydrogens is 548 g/mol. The zero-order chi connectivity index (χ0) is 24.6. The van der Waals surface area contributed by atoms with E-state index in [0.29, 0.717) is 0 Å². The van der Waals surface area contributed by atoms with Crippen molar-refractivity contribution in [3.8, 4) is 0 Å². The molecule has 0 aliphatic carbocycles. The maximum Gasteiger partial charge on any atom is 1.00 e. The number of hydrogen-bond donors (Lipinski definition) is 1. The van der Waals surface area contributed by atoms with Crippen LogP contribution < -0.4 is 69.7 Å². The van der Waals surface area contributed by atoms with E-state index in [1.54, 1.807) is 0 Å². The summed E-state index contributed by atoms with van der Waals surface area (Å²) in [6, 6.07) is 7.50. The van der Waals surface area contributed by atoms with E-state index in [1.165, 1.54) is 44.2 Å². The SMILES string of the molecule is CC(=O)Nc1cc(C)c(S(=O)(=O)[O-])cc1N=Nc1ccc(S(=O)(=O)CCOSOO[O-])cc1.[Na+].[Na+]. The number of carbonyl (C=O) groups is 1. The van der Waals surface area contributed by atoms with E-state index in [2.05, 4.69) is 29.1 Å². The van der Waals surface area contributed by atoms with Crippen LogP contribution in [0, 0.1) is 6.92 Å². The van der Waals surface area contributed by atoms with Gasteiger partial charge in [-0.05, 0) is 48.9 Å². The molecule has 0 saturated heterocycles. The average molecular weight is 566 g/mol. The van der Waals surface area contributed by atoms with Crippen molar-refractivity contribution in [3.05, 3.63) is 42.0 Å². The molecule has 0 aromatic heterocycles. The van der Waals surface area contributed by atoms with Crippen LogP contribution in [0.25, 0.3) is 0 Å². The molecule has 180 valence electrons. The first-order valence-corrected chi connectivity index (χ1v) is 12.5. The number of nitrogens with zero attached hydrogens (tertiary/aromatic N) is 2. The number of hydrogen-bond acceptors (Lipinski definition) is 13. The predicted octanol–water partition coefficient (Wildman–Crippen LogP) is -4.14. The molecule has 0 aliphatic heterocycles. The van der Waals surface area contributed by atoms with Gasteiger partial charge in [0.15, 0.2) is 22.2 Å². The fourth-order valence-electron chi connectivity index (χ4n) is 2.48. The number of nitrogens with one attached hydrogen (secondary N) is 1. The third-order valence-electron chi connectivity index (χ3n) is 3.88. The van der Waals surface area contributed by atoms with Crippen LogP contribution in [-0.4, -0.2) is 39.7 Å². The number of aryl methyl sites for hydroxylation is 1. The van der Waals surface area contributed by atoms with Crippen molar-refractivity contribution >= 4 is 55.2 Å². The topological polar surface area (TPSA) is 196 Å². The Hall–Kier alpha value is -0.440. The van der Waals surface area contributed by atoms with E-state index in [9.17, 15) is 31.4 Å². The molecule has 0 radical (unpaired) electrons. The number of anilines is 1. The fourth-order valence-corrected chi connectivity index (χ4v) is 4.59. The maximum atomic E-state index is 12.3. The molecule has 0 fully saturated rings. The van der Waals surface area contributed by atoms with E-state index in [0.717, 1.165) is 6.07 Å². The van der Waals surface area contributed by atoms with Gasteiger partial charge in [-0.15, -0.1) is 9.45 Å². The Morgan fingerprint density at radius 2 is 1.71 bits per heavy atom. The number of sulfone groups is 1. The van der Waals surface area contributed by atoms with Gasteiger partial charge in [0, 0.05) is 6.92 Å². The Bertz CT molecular complexity index is 1240. The van der Waals surface area contributed by atoms with Crippen LogP contribution >= 0.6 is 12.3 Å². The van der Waals surface area contributed by atoms with Crippen LogP contribution in [-0.2, 0) is 38.3 Å². The van der Waals surface area contributed by atoms with Gasteiger partial charge in [0.2, 0.25) is 5.91 Å². The van der Waals surface area contributed by atoms with E-state index in [1.807, 2.05) is 0 Å². The summed E-state index contributed by atoms with van der Waals surface area (Å²) in [6.07, 6.45) is 0. The molecule has 0 bridgehead atoms. The molecule has 13 nitrogen and oxygen atoms in total. The maximum absolute atomic E-state index is 12.3. The van der Waals surface area contributed by atoms with E-state index < -0.39 is 36.5 Å². The summed E-state index contributed by atoms with van der Waals surface area (Å²) in [5.74, 6) is -0.855. The van der Waals surface area contributed by atoms with Crippen molar-refractivity contribution in [2.24, 2.45) is 10.2 Å². The standard InChI is InChI=1S/C17H19N3O10S3.2Na/c1-11-9-15(18-12(2)21)16(10-17(11)33(25,26)27)20-19-13-3-5-14(6-4-13)32(23,24)8-7-28-31-30-29-22;;/h3-6,9-10,22H,7-8H2,1-2H3,(H,18,21)(H,25,26,27);;/q;2*+1/p-2. The monoisotopic (exact) mass is 565 g/mol. The van der Waals surface area contributed by atoms with Crippen LogP contribution in [0.15, 0.2) is 56.4 Å². The second-order valence-electron chi connectivity index (χ2n) is 6.31. The number of carbonyl (C=O) groups excluding carboxylic acids is 1. The molecule has 2 rings (SSSR count). The van der Waals surface area contributed by atoms with E-state index in [4.69, 9.17) is 0 Å². The molecule has 0 unspecified atom stereocenters. The van der Waals surface area contributed by atoms with E-state index in [-0.39, 0.29) is 106 Å². The average Bonchev–Trinajstić information content (AvgIpc) is 2.72. The van der Waals surface area contributed by atoms with Gasteiger partial charge in [0.05, 0.1) is 33.5 Å². The normalized spacial score (nSPS) is 11.5. The first-order chi connectivity index (χ1) is 15.4. The van der Waals surface area contributed by atoms with Crippen molar-refractivity contribution in [3.63, 3.8) is 0 Å². The van der Waals surface area contributed by atoms with Crippen LogP contribution in [0.2, 0.25) is 0 Å². The summed E-state index contributed by atoms with van der Waals surface area (Å²) in [5, 5.41) is 22.9. The van der Waals surface area contributed by atoms with E-state index >= 15 is 0 Å². The molecule has 0 heterocycles. The Kier molecular flexibility index (Phi) is 15.5. The third-order valence-corrected chi connectivity index (χ3v) is 6.93. The summed E-state index contributed by atoms with van der Waals surface area (Å²) < 4.78 is 67.4. The first-order valence-electron chi connectivity index (χ1n) is 8.81. The smallest absolute Gasteiger partial charge is 0.744 e. The van der Waals surface area contributed by atoms with Crippen LogP contribution in [0.3, 0.4) is 0 Å². The number of rotatable bonds is 11. The minimum atomic E-state index is -4.79. The molecule has 2 aromatic carbocycles. The molecule has 35 heavy (non-hydrogen) atoms. The van der Waals surface area contributed by atoms with Crippen molar-refractivity contribution in [2.45, 2.75) is 23.6 Å². The molecule has 0 spiro atoms. The zero-order valence-corrected chi connectivity index (χ0v) is 25.5. The first kappa shape index (κ1) is 34.6. The summed E-state index contributed by atoms with van der Waals surface area (Å²) in [5.41, 5.74) is 0.389. The molecule has 1 N–H and O–H groups in total. The molecule has 0 aliphatic rings. The minimum Gasteiger partial charge on any atom is -0.744 e. The van der Waals surface area contributed by atoms with Gasteiger partial charge in [-0.25, -0.2) is 16.8 Å². The van der Waals surface area contributed by atoms with Crippen molar-refractivity contribution in [1.82, 2.24) is 0 Å². The summed E-state index contributed by atoms with van der Waals surface area (Å²) in [4.78, 5) is 10.9. The summed E-state index contributed by atoms with van der Waals surface area (Å²) >= 11 is 0.194. The van der Waals surface area contributed by atoms with Gasteiger partial charge < -0.3 is 15.1 Å². The van der Waals surface area contributed by atoms with Crippen molar-refractivity contribution in [2.75, 3.05) is 17.7 Å². The number of azo groups is 1. The van der Waals surface area contributed by atoms with Gasteiger partial charge >= 0.3 is 59.1 Å². The predicted molar refractivity (Wildman–Crippen MR) is 112 cm³/mol. The molecule has 0 atom stereocenters. The van der Waals surface area contributed by atoms with Gasteiger partial charge in [-0.3, -0.25) is 14.0 Å². The Labute approximate surface area is 250 Å². The Morgan fingerprint density at radius 3 is 2.26 bits per heavy atom. The van der Waals surface area contributed by atoms with Gasteiger partial charge in [-0.1, -0.05) is 0 Å². The van der Waals surface area contributed by atoms with Crippen LogP contribution in [0.1, 0.15) is 12.5 Å². The van der Waals surface area contributed by atoms with Crippen molar-refractivity contribution < 1.29 is 104 Å². The van der Waals surface area contributed by atoms with Crippen molar-refractivity contribution in [1.29, 1.82) is 0 Å². The summed E-state index contributed by atoms with van der Waals surface area (Å²) in [7, 11) is -8.50. The fraction of sp³-hybridized carbons (Fsp3) is 0.235. The molecule has 1 amide bonds. The second kappa shape index (κ2) is 15.7. The molecule has 18 heteroatoms. The molecule has 0 saturated carbocycles. The minimum absolute atomic E-state index is 0. The Morgan fingerprint density at radius 1 is 1.09 bits per heavy atom. The molecule has 2 aromatic rings. The van der Waals surface area contributed by atoms with Crippen LogP contribution in [0.5, 0.6) is 0 Å². The summed E-state index contributed by atoms with van der Waals surface area (Å²) in [6.45, 7) is 2.36.